The Bertz CT molecular complexity index is 354. The van der Waals surface area contributed by atoms with Crippen LogP contribution in [-0.2, 0) is 0 Å². The van der Waals surface area contributed by atoms with Gasteiger partial charge in [0.05, 0.1) is 10.0 Å². The van der Waals surface area contributed by atoms with Gasteiger partial charge in [0.15, 0.2) is 0 Å². The van der Waals surface area contributed by atoms with E-state index in [2.05, 4.69) is 20.9 Å². The Morgan fingerprint density at radius 2 is 2.36 bits per heavy atom. The van der Waals surface area contributed by atoms with E-state index in [-0.39, 0.29) is 5.91 Å². The van der Waals surface area contributed by atoms with Crippen molar-refractivity contribution >= 4 is 27.7 Å². The summed E-state index contributed by atoms with van der Waals surface area (Å²) < 4.78 is 0.646. The molecule has 1 rings (SSSR count). The topological polar surface area (TPSA) is 59.2 Å². The molecule has 14 heavy (non-hydrogen) atoms. The average Bonchev–Trinajstić information content (AvgIpc) is 2.20. The molecule has 0 saturated carbocycles. The van der Waals surface area contributed by atoms with Gasteiger partial charge in [0.2, 0.25) is 0 Å². The van der Waals surface area contributed by atoms with Gasteiger partial charge >= 0.3 is 0 Å². The summed E-state index contributed by atoms with van der Waals surface area (Å²) in [5.74, 6) is 0.335. The molecule has 0 aliphatic carbocycles. The van der Waals surface area contributed by atoms with Crippen molar-refractivity contribution in [3.05, 3.63) is 22.3 Å². The second-order valence-electron chi connectivity index (χ2n) is 2.91. The maximum atomic E-state index is 11.7. The second-order valence-corrected chi connectivity index (χ2v) is 3.76. The van der Waals surface area contributed by atoms with Crippen molar-refractivity contribution in [1.29, 1.82) is 0 Å². The third-order valence-electron chi connectivity index (χ3n) is 1.94. The number of amides is 1. The lowest BCUT2D eigenvalue weighted by Crippen LogP contribution is -2.26. The molecule has 2 N–H and O–H groups in total. The van der Waals surface area contributed by atoms with Gasteiger partial charge in [-0.2, -0.15) is 0 Å². The summed E-state index contributed by atoms with van der Waals surface area (Å²) in [6.07, 6.45) is 1.48. The van der Waals surface area contributed by atoms with Crippen LogP contribution >= 0.6 is 15.9 Å². The molecule has 0 aliphatic rings. The quantitative estimate of drug-likeness (QED) is 0.874. The van der Waals surface area contributed by atoms with Gasteiger partial charge in [0.1, 0.15) is 5.82 Å². The van der Waals surface area contributed by atoms with Gasteiger partial charge in [0.25, 0.3) is 5.91 Å². The van der Waals surface area contributed by atoms with Crippen LogP contribution in [0.5, 0.6) is 0 Å². The van der Waals surface area contributed by atoms with E-state index in [1.807, 2.05) is 6.92 Å². The predicted molar refractivity (Wildman–Crippen MR) is 59.0 cm³/mol. The van der Waals surface area contributed by atoms with E-state index >= 15 is 0 Å². The van der Waals surface area contributed by atoms with Gasteiger partial charge < -0.3 is 10.6 Å². The number of nitrogens with zero attached hydrogens (tertiary/aromatic N) is 2. The summed E-state index contributed by atoms with van der Waals surface area (Å²) in [5, 5.41) is 0. The monoisotopic (exact) mass is 257 g/mol. The number of carbonyl (C=O) groups is 1. The number of anilines is 1. The van der Waals surface area contributed by atoms with Gasteiger partial charge in [-0.25, -0.2) is 4.98 Å². The molecule has 0 atom stereocenters. The number of nitrogen functional groups attached to an aromatic ring is 1. The predicted octanol–water partition coefficient (Wildman–Crippen LogP) is 1.52. The Kier molecular flexibility index (Phi) is 3.46. The summed E-state index contributed by atoms with van der Waals surface area (Å²) >= 11 is 3.23. The number of hydrogen-bond donors (Lipinski definition) is 1. The van der Waals surface area contributed by atoms with Crippen molar-refractivity contribution in [3.8, 4) is 0 Å². The zero-order valence-electron chi connectivity index (χ0n) is 8.12. The molecule has 4 nitrogen and oxygen atoms in total. The molecule has 0 unspecified atom stereocenters. The van der Waals surface area contributed by atoms with Crippen LogP contribution in [0.4, 0.5) is 5.82 Å². The minimum atomic E-state index is -0.0549. The minimum Gasteiger partial charge on any atom is -0.383 e. The maximum Gasteiger partial charge on any atom is 0.255 e. The van der Waals surface area contributed by atoms with E-state index in [0.717, 1.165) is 0 Å². The fourth-order valence-electron chi connectivity index (χ4n) is 0.929. The van der Waals surface area contributed by atoms with Crippen molar-refractivity contribution in [2.24, 2.45) is 0 Å². The summed E-state index contributed by atoms with van der Waals surface area (Å²) in [4.78, 5) is 17.2. The molecule has 1 aromatic rings. The highest BCUT2D eigenvalue weighted by atomic mass is 79.9. The normalized spacial score (nSPS) is 9.93. The maximum absolute atomic E-state index is 11.7. The van der Waals surface area contributed by atoms with Crippen molar-refractivity contribution in [1.82, 2.24) is 9.88 Å². The first-order valence-corrected chi connectivity index (χ1v) is 5.02. The summed E-state index contributed by atoms with van der Waals surface area (Å²) in [7, 11) is 1.74. The van der Waals surface area contributed by atoms with E-state index < -0.39 is 0 Å². The lowest BCUT2D eigenvalue weighted by molar-refractivity contribution is 0.0802. The van der Waals surface area contributed by atoms with Gasteiger partial charge in [0, 0.05) is 19.8 Å². The fourth-order valence-corrected chi connectivity index (χ4v) is 1.28. The van der Waals surface area contributed by atoms with Crippen LogP contribution in [0, 0.1) is 0 Å². The number of rotatable bonds is 2. The van der Waals surface area contributed by atoms with Crippen molar-refractivity contribution in [2.75, 3.05) is 19.3 Å². The highest BCUT2D eigenvalue weighted by Crippen LogP contribution is 2.18. The molecule has 0 bridgehead atoms. The number of carbonyl (C=O) groups excluding carboxylic acids is 1. The zero-order valence-corrected chi connectivity index (χ0v) is 9.71. The molecule has 0 aromatic carbocycles. The molecular weight excluding hydrogens is 246 g/mol. The molecule has 1 heterocycles. The first-order valence-electron chi connectivity index (χ1n) is 4.22. The zero-order chi connectivity index (χ0) is 10.7. The lowest BCUT2D eigenvalue weighted by atomic mass is 10.2. The Balaban J connectivity index is 2.97. The lowest BCUT2D eigenvalue weighted by Gasteiger charge is -2.14. The van der Waals surface area contributed by atoms with Crippen LogP contribution in [0.25, 0.3) is 0 Å². The van der Waals surface area contributed by atoms with E-state index in [1.165, 1.54) is 6.20 Å². The average molecular weight is 258 g/mol. The number of hydrogen-bond acceptors (Lipinski definition) is 3. The molecule has 0 saturated heterocycles. The largest absolute Gasteiger partial charge is 0.383 e. The standard InChI is InChI=1S/C9H12BrN3O/c1-3-13(2)9(14)6-4-7(10)8(11)12-5-6/h4-5H,3H2,1-2H3,(H2,11,12). The molecular formula is C9H12BrN3O. The Morgan fingerprint density at radius 1 is 1.71 bits per heavy atom. The van der Waals surface area contributed by atoms with E-state index in [1.54, 1.807) is 18.0 Å². The smallest absolute Gasteiger partial charge is 0.255 e. The van der Waals surface area contributed by atoms with Crippen molar-refractivity contribution < 1.29 is 4.79 Å². The van der Waals surface area contributed by atoms with E-state index in [9.17, 15) is 4.79 Å². The van der Waals surface area contributed by atoms with Crippen LogP contribution < -0.4 is 5.73 Å². The molecule has 0 aliphatic heterocycles. The SMILES string of the molecule is CCN(C)C(=O)c1cnc(N)c(Br)c1. The highest BCUT2D eigenvalue weighted by molar-refractivity contribution is 9.10. The van der Waals surface area contributed by atoms with Crippen molar-refractivity contribution in [3.63, 3.8) is 0 Å². The van der Waals surface area contributed by atoms with Gasteiger partial charge in [-0.1, -0.05) is 0 Å². The molecule has 5 heteroatoms. The van der Waals surface area contributed by atoms with Crippen molar-refractivity contribution in [2.45, 2.75) is 6.92 Å². The number of halogens is 1. The summed E-state index contributed by atoms with van der Waals surface area (Å²) in [6, 6.07) is 1.68. The number of pyridine rings is 1. The van der Waals surface area contributed by atoms with Crippen LogP contribution in [0.15, 0.2) is 16.7 Å². The van der Waals surface area contributed by atoms with Gasteiger partial charge in [-0.3, -0.25) is 4.79 Å². The Labute approximate surface area is 91.2 Å². The van der Waals surface area contributed by atoms with Gasteiger partial charge in [-0.15, -0.1) is 0 Å². The van der Waals surface area contributed by atoms with Crippen LogP contribution in [0.1, 0.15) is 17.3 Å². The first-order chi connectivity index (χ1) is 6.56. The molecule has 0 fully saturated rings. The molecule has 0 radical (unpaired) electrons. The Morgan fingerprint density at radius 3 is 2.86 bits per heavy atom. The number of nitrogens with two attached hydrogens (primary N) is 1. The van der Waals surface area contributed by atoms with Crippen LogP contribution in [0.2, 0.25) is 0 Å². The van der Waals surface area contributed by atoms with E-state index in [0.29, 0.717) is 22.4 Å². The third kappa shape index (κ3) is 2.23. The minimum absolute atomic E-state index is 0.0549. The van der Waals surface area contributed by atoms with E-state index in [4.69, 9.17) is 5.73 Å². The van der Waals surface area contributed by atoms with Crippen LogP contribution in [-0.4, -0.2) is 29.4 Å². The van der Waals surface area contributed by atoms with Gasteiger partial charge in [-0.05, 0) is 28.9 Å². The first kappa shape index (κ1) is 11.0. The van der Waals surface area contributed by atoms with Crippen LogP contribution in [0.3, 0.4) is 0 Å². The fraction of sp³-hybridized carbons (Fsp3) is 0.333. The summed E-state index contributed by atoms with van der Waals surface area (Å²) in [5.41, 5.74) is 6.05. The third-order valence-corrected chi connectivity index (χ3v) is 2.57. The molecule has 1 amide bonds. The summed E-state index contributed by atoms with van der Waals surface area (Å²) in [6.45, 7) is 2.58. The highest BCUT2D eigenvalue weighted by Gasteiger charge is 2.11. The Hall–Kier alpha value is -1.10. The molecule has 76 valence electrons. The second kappa shape index (κ2) is 4.41. The number of aromatic nitrogens is 1. The molecule has 0 spiro atoms. The molecule has 1 aromatic heterocycles.